The van der Waals surface area contributed by atoms with Gasteiger partial charge in [0, 0.05) is 17.1 Å². The zero-order chi connectivity index (χ0) is 19.7. The molecule has 4 rings (SSSR count). The van der Waals surface area contributed by atoms with E-state index in [9.17, 15) is 9.18 Å². The number of hydrogen-bond donors (Lipinski definition) is 2. The largest absolute Gasteiger partial charge is 0.379 e. The second kappa shape index (κ2) is 7.28. The lowest BCUT2D eigenvalue weighted by Crippen LogP contribution is -2.13. The summed E-state index contributed by atoms with van der Waals surface area (Å²) in [4.78, 5) is 15.7. The number of rotatable bonds is 5. The summed E-state index contributed by atoms with van der Waals surface area (Å²) in [5.74, 6) is -0.951. The Morgan fingerprint density at radius 3 is 2.64 bits per heavy atom. The minimum absolute atomic E-state index is 0.312. The maximum absolute atomic E-state index is 13.9. The molecule has 2 heterocycles. The van der Waals surface area contributed by atoms with Crippen molar-refractivity contribution >= 4 is 28.8 Å². The quantitative estimate of drug-likeness (QED) is 0.536. The maximum Gasteiger partial charge on any atom is 0.252 e. The van der Waals surface area contributed by atoms with Crippen molar-refractivity contribution in [2.75, 3.05) is 5.32 Å². The predicted octanol–water partition coefficient (Wildman–Crippen LogP) is 3.90. The molecule has 0 saturated carbocycles. The summed E-state index contributed by atoms with van der Waals surface area (Å²) in [6, 6.07) is 15.6. The van der Waals surface area contributed by atoms with Crippen molar-refractivity contribution in [2.45, 2.75) is 6.54 Å². The first-order chi connectivity index (χ1) is 13.5. The van der Waals surface area contributed by atoms with E-state index in [0.717, 1.165) is 16.8 Å². The highest BCUT2D eigenvalue weighted by molar-refractivity contribution is 6.30. The van der Waals surface area contributed by atoms with Gasteiger partial charge in [0.1, 0.15) is 12.1 Å². The van der Waals surface area contributed by atoms with E-state index in [-0.39, 0.29) is 0 Å². The van der Waals surface area contributed by atoms with Crippen LogP contribution >= 0.6 is 11.6 Å². The molecule has 0 atom stereocenters. The number of primary amides is 1. The van der Waals surface area contributed by atoms with Crippen molar-refractivity contribution in [3.05, 3.63) is 82.9 Å². The lowest BCUT2D eigenvalue weighted by molar-refractivity contribution is 0.100. The lowest BCUT2D eigenvalue weighted by Gasteiger charge is -2.10. The zero-order valence-electron chi connectivity index (χ0n) is 14.6. The molecule has 0 fully saturated rings. The van der Waals surface area contributed by atoms with Crippen LogP contribution in [0.1, 0.15) is 15.9 Å². The number of anilines is 1. The fourth-order valence-corrected chi connectivity index (χ4v) is 3.10. The van der Waals surface area contributed by atoms with Crippen molar-refractivity contribution in [3.63, 3.8) is 0 Å². The second-order valence-electron chi connectivity index (χ2n) is 6.17. The van der Waals surface area contributed by atoms with E-state index in [1.165, 1.54) is 12.4 Å². The lowest BCUT2D eigenvalue weighted by atomic mass is 10.1. The van der Waals surface area contributed by atoms with Crippen LogP contribution in [0.3, 0.4) is 0 Å². The molecule has 140 valence electrons. The number of hydrogen-bond acceptors (Lipinski definition) is 4. The van der Waals surface area contributed by atoms with Crippen LogP contribution in [0.25, 0.3) is 16.9 Å². The first kappa shape index (κ1) is 17.9. The number of carbonyl (C=O) groups excluding carboxylic acids is 1. The van der Waals surface area contributed by atoms with Crippen LogP contribution in [-0.2, 0) is 6.54 Å². The normalized spacial score (nSPS) is 10.9. The van der Waals surface area contributed by atoms with Crippen molar-refractivity contribution in [3.8, 4) is 11.3 Å². The Labute approximate surface area is 164 Å². The van der Waals surface area contributed by atoms with E-state index in [4.69, 9.17) is 17.3 Å². The van der Waals surface area contributed by atoms with E-state index in [2.05, 4.69) is 15.4 Å². The van der Waals surface area contributed by atoms with Gasteiger partial charge in [-0.05, 0) is 35.9 Å². The summed E-state index contributed by atoms with van der Waals surface area (Å²) in [5.41, 5.74) is 9.15. The van der Waals surface area contributed by atoms with Gasteiger partial charge in [0.2, 0.25) is 0 Å². The summed E-state index contributed by atoms with van der Waals surface area (Å²) in [5, 5.41) is 7.59. The van der Waals surface area contributed by atoms with Gasteiger partial charge in [-0.25, -0.2) is 13.9 Å². The number of pyridine rings is 1. The number of carbonyl (C=O) groups is 1. The molecule has 6 nitrogen and oxygen atoms in total. The molecule has 0 bridgehead atoms. The Balaban J connectivity index is 1.57. The van der Waals surface area contributed by atoms with Crippen LogP contribution in [-0.4, -0.2) is 20.5 Å². The molecular weight excluding hydrogens is 381 g/mol. The van der Waals surface area contributed by atoms with Gasteiger partial charge in [-0.1, -0.05) is 35.9 Å². The highest BCUT2D eigenvalue weighted by atomic mass is 35.5. The Morgan fingerprint density at radius 2 is 1.93 bits per heavy atom. The van der Waals surface area contributed by atoms with Crippen molar-refractivity contribution in [1.29, 1.82) is 0 Å². The molecule has 4 aromatic rings. The Kier molecular flexibility index (Phi) is 4.67. The minimum atomic E-state index is -0.555. The molecule has 0 aliphatic heterocycles. The SMILES string of the molecule is NC(=O)c1ccc(-c2ccc(CNc3ccc(Cl)cc3F)cc2)n2ncnc12. The molecule has 1 amide bonds. The molecule has 0 aliphatic rings. The van der Waals surface area contributed by atoms with Gasteiger partial charge in [0.15, 0.2) is 5.65 Å². The van der Waals surface area contributed by atoms with E-state index >= 15 is 0 Å². The third kappa shape index (κ3) is 3.39. The van der Waals surface area contributed by atoms with E-state index in [1.54, 1.807) is 28.8 Å². The van der Waals surface area contributed by atoms with Crippen LogP contribution in [0.15, 0.2) is 60.9 Å². The number of amides is 1. The molecule has 28 heavy (non-hydrogen) atoms. The highest BCUT2D eigenvalue weighted by Gasteiger charge is 2.13. The first-order valence-electron chi connectivity index (χ1n) is 8.44. The van der Waals surface area contributed by atoms with Crippen LogP contribution < -0.4 is 11.1 Å². The molecular formula is C20H15ClFN5O. The summed E-state index contributed by atoms with van der Waals surface area (Å²) >= 11 is 5.77. The van der Waals surface area contributed by atoms with Crippen molar-refractivity contribution < 1.29 is 9.18 Å². The van der Waals surface area contributed by atoms with Crippen LogP contribution in [0.2, 0.25) is 5.02 Å². The van der Waals surface area contributed by atoms with Gasteiger partial charge in [0.25, 0.3) is 5.91 Å². The number of fused-ring (bicyclic) bond motifs is 1. The molecule has 0 spiro atoms. The molecule has 0 radical (unpaired) electrons. The van der Waals surface area contributed by atoms with Gasteiger partial charge < -0.3 is 11.1 Å². The smallest absolute Gasteiger partial charge is 0.252 e. The number of nitrogens with zero attached hydrogens (tertiary/aromatic N) is 3. The average molecular weight is 396 g/mol. The fourth-order valence-electron chi connectivity index (χ4n) is 2.94. The first-order valence-corrected chi connectivity index (χ1v) is 8.81. The summed E-state index contributed by atoms with van der Waals surface area (Å²) in [6.45, 7) is 0.457. The number of halogens is 2. The van der Waals surface area contributed by atoms with Gasteiger partial charge >= 0.3 is 0 Å². The Bertz CT molecular complexity index is 1170. The monoisotopic (exact) mass is 395 g/mol. The predicted molar refractivity (Wildman–Crippen MR) is 106 cm³/mol. The standard InChI is InChI=1S/C20H15ClFN5O/c21-14-5-7-17(16(22)9-14)24-10-12-1-3-13(4-2-12)18-8-6-15(19(23)28)20-25-11-26-27(18)20/h1-9,11,24H,10H2,(H2,23,28). The summed E-state index contributed by atoms with van der Waals surface area (Å²) < 4.78 is 15.4. The molecule has 8 heteroatoms. The van der Waals surface area contributed by atoms with E-state index in [1.807, 2.05) is 24.3 Å². The summed E-state index contributed by atoms with van der Waals surface area (Å²) in [7, 11) is 0. The number of aromatic nitrogens is 3. The van der Waals surface area contributed by atoms with Gasteiger partial charge in [-0.3, -0.25) is 4.79 Å². The maximum atomic E-state index is 13.9. The molecule has 2 aromatic heterocycles. The van der Waals surface area contributed by atoms with Crippen molar-refractivity contribution in [1.82, 2.24) is 14.6 Å². The van der Waals surface area contributed by atoms with Crippen LogP contribution in [0.5, 0.6) is 0 Å². The third-order valence-electron chi connectivity index (χ3n) is 4.35. The molecule has 2 aromatic carbocycles. The average Bonchev–Trinajstić information content (AvgIpc) is 3.17. The van der Waals surface area contributed by atoms with E-state index < -0.39 is 11.7 Å². The van der Waals surface area contributed by atoms with Crippen LogP contribution in [0.4, 0.5) is 10.1 Å². The topological polar surface area (TPSA) is 85.3 Å². The number of benzene rings is 2. The van der Waals surface area contributed by atoms with E-state index in [0.29, 0.717) is 28.5 Å². The molecule has 3 N–H and O–H groups in total. The summed E-state index contributed by atoms with van der Waals surface area (Å²) in [6.07, 6.45) is 1.38. The second-order valence-corrected chi connectivity index (χ2v) is 6.60. The highest BCUT2D eigenvalue weighted by Crippen LogP contribution is 2.23. The Morgan fingerprint density at radius 1 is 1.14 bits per heavy atom. The number of nitrogens with two attached hydrogens (primary N) is 1. The molecule has 0 unspecified atom stereocenters. The van der Waals surface area contributed by atoms with Gasteiger partial charge in [-0.15, -0.1) is 0 Å². The van der Waals surface area contributed by atoms with Crippen LogP contribution in [0, 0.1) is 5.82 Å². The molecule has 0 saturated heterocycles. The van der Waals surface area contributed by atoms with Gasteiger partial charge in [-0.2, -0.15) is 5.10 Å². The fraction of sp³-hybridized carbons (Fsp3) is 0.0500. The van der Waals surface area contributed by atoms with Gasteiger partial charge in [0.05, 0.1) is 16.9 Å². The minimum Gasteiger partial charge on any atom is -0.379 e. The Hall–Kier alpha value is -3.45. The molecule has 0 aliphatic carbocycles. The third-order valence-corrected chi connectivity index (χ3v) is 4.59. The zero-order valence-corrected chi connectivity index (χ0v) is 15.3. The number of nitrogens with one attached hydrogen (secondary N) is 1. The van der Waals surface area contributed by atoms with Crippen molar-refractivity contribution in [2.24, 2.45) is 5.73 Å².